The number of hydrogen-bond donors (Lipinski definition) is 2. The lowest BCUT2D eigenvalue weighted by atomic mass is 10.0. The number of benzene rings is 3. The van der Waals surface area contributed by atoms with E-state index in [-0.39, 0.29) is 11.0 Å². The van der Waals surface area contributed by atoms with Crippen LogP contribution in [0.5, 0.6) is 11.5 Å². The lowest BCUT2D eigenvalue weighted by Gasteiger charge is -2.22. The number of para-hydroxylation sites is 1. The van der Waals surface area contributed by atoms with Gasteiger partial charge in [0.15, 0.2) is 16.6 Å². The minimum absolute atomic E-state index is 0.218. The van der Waals surface area contributed by atoms with E-state index in [2.05, 4.69) is 10.6 Å². The molecule has 0 bridgehead atoms. The molecule has 168 valence electrons. The van der Waals surface area contributed by atoms with Crippen LogP contribution in [0, 0.1) is 0 Å². The molecular formula is C25H24N4O3S. The second-order valence-electron chi connectivity index (χ2n) is 7.33. The van der Waals surface area contributed by atoms with Gasteiger partial charge >= 0.3 is 0 Å². The molecule has 1 atom stereocenters. The van der Waals surface area contributed by atoms with Gasteiger partial charge in [0.1, 0.15) is 0 Å². The Morgan fingerprint density at radius 3 is 2.39 bits per heavy atom. The molecule has 0 fully saturated rings. The number of carbonyl (C=O) groups excluding carboxylic acids is 1. The molecule has 0 aliphatic carbocycles. The molecule has 0 spiro atoms. The molecule has 3 aromatic carbocycles. The van der Waals surface area contributed by atoms with Crippen LogP contribution in [0.1, 0.15) is 11.1 Å². The number of fused-ring (bicyclic) bond motifs is 1. The van der Waals surface area contributed by atoms with Crippen molar-refractivity contribution in [1.29, 1.82) is 0 Å². The maximum absolute atomic E-state index is 13.3. The number of amides is 1. The molecule has 1 amide bonds. The second kappa shape index (κ2) is 9.70. The van der Waals surface area contributed by atoms with Crippen LogP contribution >= 0.6 is 12.2 Å². The third kappa shape index (κ3) is 4.65. The Balaban J connectivity index is 1.64. The summed E-state index contributed by atoms with van der Waals surface area (Å²) in [5.74, 6) is 0.956. The highest BCUT2D eigenvalue weighted by atomic mass is 32.1. The van der Waals surface area contributed by atoms with Crippen LogP contribution in [-0.4, -0.2) is 44.2 Å². The van der Waals surface area contributed by atoms with Gasteiger partial charge < -0.3 is 25.0 Å². The summed E-state index contributed by atoms with van der Waals surface area (Å²) in [5, 5.41) is 6.41. The van der Waals surface area contributed by atoms with E-state index in [1.807, 2.05) is 60.7 Å². The summed E-state index contributed by atoms with van der Waals surface area (Å²) in [6.07, 6.45) is -0.905. The van der Waals surface area contributed by atoms with Crippen molar-refractivity contribution in [3.8, 4) is 11.5 Å². The van der Waals surface area contributed by atoms with Crippen LogP contribution in [0.15, 0.2) is 77.8 Å². The highest BCUT2D eigenvalue weighted by Gasteiger charge is 2.30. The Hall–Kier alpha value is -3.91. The molecule has 0 radical (unpaired) electrons. The molecule has 2 N–H and O–H groups in total. The van der Waals surface area contributed by atoms with Crippen molar-refractivity contribution in [2.24, 2.45) is 4.99 Å². The number of nitrogens with one attached hydrogen (secondary N) is 2. The molecule has 4 rings (SSSR count). The van der Waals surface area contributed by atoms with Crippen molar-refractivity contribution in [2.75, 3.05) is 31.5 Å². The number of aliphatic imine (C=N–C) groups is 1. The van der Waals surface area contributed by atoms with Gasteiger partial charge in [-0.3, -0.25) is 4.79 Å². The van der Waals surface area contributed by atoms with E-state index < -0.39 is 6.17 Å². The van der Waals surface area contributed by atoms with Gasteiger partial charge in [0.2, 0.25) is 6.17 Å². The van der Waals surface area contributed by atoms with Crippen molar-refractivity contribution in [2.45, 2.75) is 6.17 Å². The molecule has 0 aromatic heterocycles. The van der Waals surface area contributed by atoms with Gasteiger partial charge in [-0.05, 0) is 30.4 Å². The summed E-state index contributed by atoms with van der Waals surface area (Å²) in [6.45, 7) is 0. The molecule has 0 saturated heterocycles. The summed E-state index contributed by atoms with van der Waals surface area (Å²) in [7, 11) is 4.88. The molecule has 1 unspecified atom stereocenters. The predicted molar refractivity (Wildman–Crippen MR) is 135 cm³/mol. The molecule has 0 saturated carbocycles. The predicted octanol–water partition coefficient (Wildman–Crippen LogP) is 3.83. The van der Waals surface area contributed by atoms with Crippen LogP contribution < -0.4 is 25.0 Å². The minimum atomic E-state index is -0.905. The summed E-state index contributed by atoms with van der Waals surface area (Å²) in [6, 6.07) is 22.9. The fourth-order valence-electron chi connectivity index (χ4n) is 3.65. The summed E-state index contributed by atoms with van der Waals surface area (Å²) >= 11 is 5.50. The normalized spacial score (nSPS) is 15.1. The van der Waals surface area contributed by atoms with Crippen molar-refractivity contribution in [3.05, 3.63) is 83.9 Å². The van der Waals surface area contributed by atoms with Crippen LogP contribution in [0.2, 0.25) is 0 Å². The van der Waals surface area contributed by atoms with Crippen molar-refractivity contribution in [1.82, 2.24) is 5.32 Å². The monoisotopic (exact) mass is 460 g/mol. The molecule has 1 heterocycles. The number of methoxy groups -OCH3 is 2. The van der Waals surface area contributed by atoms with Crippen molar-refractivity contribution < 1.29 is 14.3 Å². The second-order valence-corrected chi connectivity index (χ2v) is 7.74. The zero-order chi connectivity index (χ0) is 23.4. The van der Waals surface area contributed by atoms with Crippen molar-refractivity contribution in [3.63, 3.8) is 0 Å². The zero-order valence-corrected chi connectivity index (χ0v) is 19.3. The number of carbonyl (C=O) groups is 1. The SMILES string of the molecule is COc1ccc(NC(=S)NC2N=C(c3ccccc3)c3ccccc3N(C)C2=O)cc1OC. The largest absolute Gasteiger partial charge is 0.493 e. The van der Waals surface area contributed by atoms with Crippen molar-refractivity contribution >= 4 is 40.3 Å². The molecular weight excluding hydrogens is 436 g/mol. The first-order valence-electron chi connectivity index (χ1n) is 10.3. The molecule has 7 nitrogen and oxygen atoms in total. The van der Waals surface area contributed by atoms with Gasteiger partial charge in [-0.25, -0.2) is 4.99 Å². The Kier molecular flexibility index (Phi) is 6.55. The number of benzodiazepines with no additional fused rings is 1. The number of anilines is 2. The first kappa shape index (κ1) is 22.3. The third-order valence-corrected chi connectivity index (χ3v) is 5.52. The molecule has 1 aliphatic heterocycles. The zero-order valence-electron chi connectivity index (χ0n) is 18.5. The van der Waals surface area contributed by atoms with E-state index in [1.54, 1.807) is 38.3 Å². The quantitative estimate of drug-likeness (QED) is 0.564. The lowest BCUT2D eigenvalue weighted by Crippen LogP contribution is -2.47. The minimum Gasteiger partial charge on any atom is -0.493 e. The van der Waals surface area contributed by atoms with Gasteiger partial charge in [0.25, 0.3) is 5.91 Å². The van der Waals surface area contributed by atoms with Crippen LogP contribution in [-0.2, 0) is 4.79 Å². The van der Waals surface area contributed by atoms with Gasteiger partial charge in [0.05, 0.1) is 25.6 Å². The maximum atomic E-state index is 13.3. The number of thiocarbonyl (C=S) groups is 1. The van der Waals surface area contributed by atoms with Crippen LogP contribution in [0.3, 0.4) is 0 Å². The fourth-order valence-corrected chi connectivity index (χ4v) is 3.88. The average Bonchev–Trinajstić information content (AvgIpc) is 2.95. The van der Waals surface area contributed by atoms with E-state index in [0.717, 1.165) is 22.5 Å². The summed E-state index contributed by atoms with van der Waals surface area (Å²) in [5.41, 5.74) is 3.99. The standard InChI is InChI=1S/C25H24N4O3S/c1-29-19-12-8-7-11-18(19)22(16-9-5-4-6-10-16)27-23(24(29)30)28-25(33)26-17-13-14-20(31-2)21(15-17)32-3/h4-15,23H,1-3H3,(H2,26,28,33). The first-order valence-corrected chi connectivity index (χ1v) is 10.7. The van der Waals surface area contributed by atoms with E-state index >= 15 is 0 Å². The summed E-state index contributed by atoms with van der Waals surface area (Å²) < 4.78 is 10.6. The topological polar surface area (TPSA) is 75.2 Å². The molecule has 1 aliphatic rings. The Morgan fingerprint density at radius 2 is 1.67 bits per heavy atom. The maximum Gasteiger partial charge on any atom is 0.272 e. The molecule has 8 heteroatoms. The number of ether oxygens (including phenoxy) is 2. The van der Waals surface area contributed by atoms with E-state index in [9.17, 15) is 4.79 Å². The highest BCUT2D eigenvalue weighted by Crippen LogP contribution is 2.30. The average molecular weight is 461 g/mol. The Bertz CT molecular complexity index is 1210. The Morgan fingerprint density at radius 1 is 0.970 bits per heavy atom. The fraction of sp³-hybridized carbons (Fsp3) is 0.160. The summed E-state index contributed by atoms with van der Waals surface area (Å²) in [4.78, 5) is 19.7. The van der Waals surface area contributed by atoms with Gasteiger partial charge in [-0.15, -0.1) is 0 Å². The number of rotatable bonds is 5. The third-order valence-electron chi connectivity index (χ3n) is 5.30. The molecule has 33 heavy (non-hydrogen) atoms. The van der Waals surface area contributed by atoms with Crippen LogP contribution in [0.25, 0.3) is 0 Å². The number of likely N-dealkylation sites (N-methyl/N-ethyl adjacent to an activating group) is 1. The molecule has 3 aromatic rings. The van der Waals surface area contributed by atoms with Gasteiger partial charge in [0, 0.05) is 29.9 Å². The number of nitrogens with zero attached hydrogens (tertiary/aromatic N) is 2. The smallest absolute Gasteiger partial charge is 0.272 e. The Labute approximate surface area is 198 Å². The van der Waals surface area contributed by atoms with E-state index in [0.29, 0.717) is 17.2 Å². The van der Waals surface area contributed by atoms with Crippen LogP contribution in [0.4, 0.5) is 11.4 Å². The van der Waals surface area contributed by atoms with E-state index in [4.69, 9.17) is 26.7 Å². The highest BCUT2D eigenvalue weighted by molar-refractivity contribution is 7.80. The number of hydrogen-bond acceptors (Lipinski definition) is 5. The van der Waals surface area contributed by atoms with Gasteiger partial charge in [-0.2, -0.15) is 0 Å². The van der Waals surface area contributed by atoms with E-state index in [1.165, 1.54) is 0 Å². The lowest BCUT2D eigenvalue weighted by molar-refractivity contribution is -0.119. The first-order chi connectivity index (χ1) is 16.0. The van der Waals surface area contributed by atoms with Gasteiger partial charge in [-0.1, -0.05) is 48.5 Å².